The van der Waals surface area contributed by atoms with Crippen molar-refractivity contribution in [3.63, 3.8) is 0 Å². The highest BCUT2D eigenvalue weighted by molar-refractivity contribution is 7.13. The molecule has 3 aromatic carbocycles. The smallest absolute Gasteiger partial charge is 0.407 e. The summed E-state index contributed by atoms with van der Waals surface area (Å²) in [5.74, 6) is -0.822. The molecule has 0 saturated carbocycles. The number of pyridine rings is 1. The van der Waals surface area contributed by atoms with E-state index in [2.05, 4.69) is 20.9 Å². The van der Waals surface area contributed by atoms with Crippen LogP contribution in [0.15, 0.2) is 84.2 Å². The van der Waals surface area contributed by atoms with Crippen LogP contribution in [0.25, 0.3) is 21.6 Å². The zero-order valence-corrected chi connectivity index (χ0v) is 32.8. The highest BCUT2D eigenvalue weighted by Crippen LogP contribution is 2.43. The van der Waals surface area contributed by atoms with Gasteiger partial charge in [-0.1, -0.05) is 43.3 Å². The van der Waals surface area contributed by atoms with Gasteiger partial charge in [0, 0.05) is 46.6 Å². The number of alkyl carbamates (subject to hydrolysis) is 1. The number of aromatic nitrogens is 1. The number of thiophene rings is 1. The Kier molecular flexibility index (Phi) is 12.3. The molecular formula is C43H44N4O8S. The van der Waals surface area contributed by atoms with E-state index in [4.69, 9.17) is 18.9 Å². The molecule has 3 amide bonds. The number of fused-ring (bicyclic) bond motifs is 3. The Bertz CT molecular complexity index is 2250. The first-order valence-corrected chi connectivity index (χ1v) is 19.2. The third-order valence-electron chi connectivity index (χ3n) is 8.68. The summed E-state index contributed by atoms with van der Waals surface area (Å²) in [6.45, 7) is 8.51. The van der Waals surface area contributed by atoms with Crippen molar-refractivity contribution in [1.29, 1.82) is 0 Å². The van der Waals surface area contributed by atoms with Gasteiger partial charge in [-0.2, -0.15) is 0 Å². The lowest BCUT2D eigenvalue weighted by Gasteiger charge is -2.20. The average Bonchev–Trinajstić information content (AvgIpc) is 3.59. The molecule has 12 nitrogen and oxygen atoms in total. The second-order valence-corrected chi connectivity index (χ2v) is 14.9. The molecule has 1 aliphatic heterocycles. The van der Waals surface area contributed by atoms with Crippen LogP contribution in [0, 0.1) is 0 Å². The number of nitrogens with one attached hydrogen (secondary N) is 3. The minimum atomic E-state index is -0.778. The van der Waals surface area contributed by atoms with E-state index < -0.39 is 29.5 Å². The molecule has 0 saturated heterocycles. The second-order valence-electron chi connectivity index (χ2n) is 14.0. The molecule has 2 aromatic heterocycles. The van der Waals surface area contributed by atoms with E-state index in [1.807, 2.05) is 48.7 Å². The Balaban J connectivity index is 1.42. The molecule has 13 heteroatoms. The number of hydrogen-bond acceptors (Lipinski definition) is 10. The Morgan fingerprint density at radius 2 is 1.68 bits per heavy atom. The fraction of sp³-hybridized carbons (Fsp3) is 0.279. The summed E-state index contributed by atoms with van der Waals surface area (Å²) < 4.78 is 23.0. The molecule has 0 unspecified atom stereocenters. The zero-order valence-electron chi connectivity index (χ0n) is 31.9. The van der Waals surface area contributed by atoms with E-state index >= 15 is 0 Å². The number of methoxy groups -OCH3 is 1. The third-order valence-corrected chi connectivity index (χ3v) is 9.67. The fourth-order valence-electron chi connectivity index (χ4n) is 6.02. The number of benzene rings is 3. The molecule has 0 spiro atoms. The summed E-state index contributed by atoms with van der Waals surface area (Å²) in [6, 6.07) is 23.5. The summed E-state index contributed by atoms with van der Waals surface area (Å²) in [7, 11) is 1.23. The van der Waals surface area contributed by atoms with Crippen molar-refractivity contribution in [3.8, 4) is 33.1 Å². The maximum absolute atomic E-state index is 14.7. The quantitative estimate of drug-likeness (QED) is 0.106. The lowest BCUT2D eigenvalue weighted by molar-refractivity contribution is 0.0521. The van der Waals surface area contributed by atoms with Crippen molar-refractivity contribution >= 4 is 40.9 Å². The van der Waals surface area contributed by atoms with E-state index in [9.17, 15) is 19.2 Å². The standard InChI is InChI=1S/C43H44N4O8S/c1-6-18-44-40(49)34-15-13-29(37(46-34)41(50)52-5)30-23-35-32(38-28(16-19-53-35)17-20-56-38)22-31(30)39(48)47-33-14-12-27(24-45-42(51)55-43(2,3)4)21-36(33)54-25-26-10-8-7-9-11-26/h7-15,17,20-23H,6,16,18-19,24-25H2,1-5H3,(H,44,49)(H,45,51)(H,47,48). The lowest BCUT2D eigenvalue weighted by atomic mass is 9.93. The van der Waals surface area contributed by atoms with Gasteiger partial charge in [0.2, 0.25) is 0 Å². The predicted molar refractivity (Wildman–Crippen MR) is 214 cm³/mol. The number of nitrogens with zero attached hydrogens (tertiary/aromatic N) is 1. The van der Waals surface area contributed by atoms with Crippen molar-refractivity contribution in [3.05, 3.63) is 118 Å². The van der Waals surface area contributed by atoms with Gasteiger partial charge in [-0.3, -0.25) is 9.59 Å². The van der Waals surface area contributed by atoms with Crippen LogP contribution < -0.4 is 25.4 Å². The van der Waals surface area contributed by atoms with Crippen LogP contribution in [0.1, 0.15) is 82.1 Å². The molecule has 6 rings (SSSR count). The van der Waals surface area contributed by atoms with Crippen molar-refractivity contribution in [2.24, 2.45) is 0 Å². The number of anilines is 1. The van der Waals surface area contributed by atoms with Gasteiger partial charge < -0.3 is 34.9 Å². The largest absolute Gasteiger partial charge is 0.493 e. The van der Waals surface area contributed by atoms with Gasteiger partial charge in [-0.05, 0) is 91.7 Å². The zero-order chi connectivity index (χ0) is 39.8. The molecule has 3 heterocycles. The molecule has 56 heavy (non-hydrogen) atoms. The molecule has 3 N–H and O–H groups in total. The third kappa shape index (κ3) is 9.53. The maximum atomic E-state index is 14.7. The van der Waals surface area contributed by atoms with Gasteiger partial charge in [-0.15, -0.1) is 11.3 Å². The highest BCUT2D eigenvalue weighted by atomic mass is 32.1. The predicted octanol–water partition coefficient (Wildman–Crippen LogP) is 8.19. The Hall–Kier alpha value is -6.21. The number of carbonyl (C=O) groups is 4. The van der Waals surface area contributed by atoms with Crippen LogP contribution in [0.2, 0.25) is 0 Å². The number of hydrogen-bond donors (Lipinski definition) is 3. The van der Waals surface area contributed by atoms with Gasteiger partial charge >= 0.3 is 12.1 Å². The molecular weight excluding hydrogens is 733 g/mol. The number of esters is 1. The number of ether oxygens (including phenoxy) is 4. The molecule has 0 bridgehead atoms. The first-order chi connectivity index (χ1) is 26.9. The lowest BCUT2D eigenvalue weighted by Crippen LogP contribution is -2.32. The Morgan fingerprint density at radius 1 is 0.875 bits per heavy atom. The maximum Gasteiger partial charge on any atom is 0.407 e. The van der Waals surface area contributed by atoms with Gasteiger partial charge in [0.05, 0.1) is 19.4 Å². The van der Waals surface area contributed by atoms with Crippen LogP contribution in [-0.4, -0.2) is 54.7 Å². The second kappa shape index (κ2) is 17.5. The molecule has 0 atom stereocenters. The summed E-state index contributed by atoms with van der Waals surface area (Å²) in [5.41, 5.74) is 3.90. The van der Waals surface area contributed by atoms with Gasteiger partial charge in [0.25, 0.3) is 11.8 Å². The Labute approximate surface area is 329 Å². The van der Waals surface area contributed by atoms with Crippen molar-refractivity contribution in [1.82, 2.24) is 15.6 Å². The molecule has 0 aliphatic carbocycles. The normalized spacial score (nSPS) is 11.9. The van der Waals surface area contributed by atoms with Crippen molar-refractivity contribution in [2.75, 3.05) is 25.6 Å². The minimum Gasteiger partial charge on any atom is -0.493 e. The molecule has 1 aliphatic rings. The fourth-order valence-corrected chi connectivity index (χ4v) is 7.00. The number of rotatable bonds is 12. The first kappa shape index (κ1) is 39.5. The minimum absolute atomic E-state index is 0.0318. The average molecular weight is 777 g/mol. The molecule has 0 fully saturated rings. The molecule has 290 valence electrons. The summed E-state index contributed by atoms with van der Waals surface area (Å²) in [5, 5.41) is 10.6. The van der Waals surface area contributed by atoms with Crippen LogP contribution >= 0.6 is 11.3 Å². The molecule has 0 radical (unpaired) electrons. The van der Waals surface area contributed by atoms with Gasteiger partial charge in [-0.25, -0.2) is 14.6 Å². The monoisotopic (exact) mass is 776 g/mol. The summed E-state index contributed by atoms with van der Waals surface area (Å²) in [6.07, 6.45) is 0.835. The van der Waals surface area contributed by atoms with Crippen LogP contribution in [0.4, 0.5) is 10.5 Å². The number of amides is 3. The van der Waals surface area contributed by atoms with Crippen LogP contribution in [0.5, 0.6) is 11.5 Å². The van der Waals surface area contributed by atoms with E-state index in [0.29, 0.717) is 47.9 Å². The van der Waals surface area contributed by atoms with Gasteiger partial charge in [0.15, 0.2) is 5.69 Å². The van der Waals surface area contributed by atoms with E-state index in [1.54, 1.807) is 68.5 Å². The Morgan fingerprint density at radius 3 is 2.43 bits per heavy atom. The van der Waals surface area contributed by atoms with Crippen molar-refractivity contribution < 1.29 is 38.1 Å². The van der Waals surface area contributed by atoms with Crippen LogP contribution in [0.3, 0.4) is 0 Å². The SMILES string of the molecule is CCCNC(=O)c1ccc(-c2cc3c(cc2C(=O)Nc2ccc(CNC(=O)OC(C)(C)C)cc2OCc2ccccc2)-c2sccc2CCO3)c(C(=O)OC)n1. The van der Waals surface area contributed by atoms with E-state index in [0.717, 1.165) is 28.0 Å². The van der Waals surface area contributed by atoms with Gasteiger partial charge in [0.1, 0.15) is 29.4 Å². The topological polar surface area (TPSA) is 154 Å². The number of carbonyl (C=O) groups excluding carboxylic acids is 4. The summed E-state index contributed by atoms with van der Waals surface area (Å²) >= 11 is 1.55. The molecule has 5 aromatic rings. The first-order valence-electron chi connectivity index (χ1n) is 18.3. The summed E-state index contributed by atoms with van der Waals surface area (Å²) in [4.78, 5) is 58.6. The van der Waals surface area contributed by atoms with E-state index in [1.165, 1.54) is 13.2 Å². The van der Waals surface area contributed by atoms with E-state index in [-0.39, 0.29) is 35.7 Å². The van der Waals surface area contributed by atoms with Crippen molar-refractivity contribution in [2.45, 2.75) is 59.3 Å². The van der Waals surface area contributed by atoms with Crippen LogP contribution in [-0.2, 0) is 29.0 Å². The highest BCUT2D eigenvalue weighted by Gasteiger charge is 2.27.